The Kier molecular flexibility index (Phi) is 4.86. The Morgan fingerprint density at radius 2 is 2.00 bits per heavy atom. The van der Waals surface area contributed by atoms with Crippen LogP contribution in [-0.4, -0.2) is 18.5 Å². The maximum atomic E-state index is 11.0. The lowest BCUT2D eigenvalue weighted by atomic mass is 10.2. The quantitative estimate of drug-likeness (QED) is 0.626. The number of nitrogens with one attached hydrogen (secondary N) is 1. The fraction of sp³-hybridized carbons (Fsp3) is 0.875. The lowest BCUT2D eigenvalue weighted by molar-refractivity contribution is -0.123. The Labute approximate surface area is 68.3 Å². The lowest BCUT2D eigenvalue weighted by Crippen LogP contribution is -2.31. The summed E-state index contributed by atoms with van der Waals surface area (Å²) in [6.07, 6.45) is 0.846. The highest BCUT2D eigenvalue weighted by Crippen LogP contribution is 1.91. The molecule has 0 radical (unpaired) electrons. The van der Waals surface area contributed by atoms with Gasteiger partial charge in [0, 0.05) is 18.5 Å². The highest BCUT2D eigenvalue weighted by atomic mass is 16.1. The van der Waals surface area contributed by atoms with Crippen LogP contribution in [0.4, 0.5) is 0 Å². The van der Waals surface area contributed by atoms with E-state index in [0.717, 1.165) is 6.42 Å². The van der Waals surface area contributed by atoms with Crippen molar-refractivity contribution in [2.75, 3.05) is 6.54 Å². The van der Waals surface area contributed by atoms with Gasteiger partial charge in [-0.05, 0) is 13.3 Å². The van der Waals surface area contributed by atoms with E-state index in [4.69, 9.17) is 5.73 Å². The highest BCUT2D eigenvalue weighted by Gasteiger charge is 2.04. The van der Waals surface area contributed by atoms with Crippen molar-refractivity contribution in [3.05, 3.63) is 0 Å². The Balaban J connectivity index is 3.32. The van der Waals surface area contributed by atoms with Crippen molar-refractivity contribution in [1.29, 1.82) is 0 Å². The second kappa shape index (κ2) is 5.13. The van der Waals surface area contributed by atoms with Crippen LogP contribution in [-0.2, 0) is 4.79 Å². The summed E-state index contributed by atoms with van der Waals surface area (Å²) in [5.41, 5.74) is 5.50. The van der Waals surface area contributed by atoms with Crippen LogP contribution >= 0.6 is 0 Å². The Bertz CT molecular complexity index is 121. The Morgan fingerprint density at radius 1 is 1.45 bits per heavy atom. The van der Waals surface area contributed by atoms with Gasteiger partial charge in [0.15, 0.2) is 0 Å². The molecule has 0 saturated heterocycles. The van der Waals surface area contributed by atoms with Gasteiger partial charge < -0.3 is 11.1 Å². The molecule has 0 heterocycles. The van der Waals surface area contributed by atoms with E-state index in [9.17, 15) is 4.79 Å². The normalized spacial score (nSPS) is 13.2. The Morgan fingerprint density at radius 3 is 2.36 bits per heavy atom. The maximum Gasteiger partial charge on any atom is 0.222 e. The second-order valence-electron chi connectivity index (χ2n) is 3.21. The molecule has 3 nitrogen and oxygen atoms in total. The molecule has 0 fully saturated rings. The molecule has 0 spiro atoms. The largest absolute Gasteiger partial charge is 0.356 e. The van der Waals surface area contributed by atoms with Crippen molar-refractivity contribution in [3.8, 4) is 0 Å². The number of rotatable bonds is 4. The van der Waals surface area contributed by atoms with Gasteiger partial charge in [-0.3, -0.25) is 4.79 Å². The molecular formula is C8H18N2O. The zero-order valence-corrected chi connectivity index (χ0v) is 7.55. The molecule has 0 rings (SSSR count). The first-order valence-corrected chi connectivity index (χ1v) is 4.07. The minimum absolute atomic E-state index is 0.0723. The van der Waals surface area contributed by atoms with Gasteiger partial charge in [0.25, 0.3) is 0 Å². The third kappa shape index (κ3) is 5.85. The summed E-state index contributed by atoms with van der Waals surface area (Å²) < 4.78 is 0. The first-order valence-electron chi connectivity index (χ1n) is 4.07. The second-order valence-corrected chi connectivity index (χ2v) is 3.21. The van der Waals surface area contributed by atoms with E-state index in [0.29, 0.717) is 6.54 Å². The first-order chi connectivity index (χ1) is 5.04. The molecule has 0 aliphatic heterocycles. The molecule has 66 valence electrons. The summed E-state index contributed by atoms with van der Waals surface area (Å²) in [7, 11) is 0. The van der Waals surface area contributed by atoms with Crippen molar-refractivity contribution >= 4 is 5.91 Å². The van der Waals surface area contributed by atoms with Gasteiger partial charge in [-0.2, -0.15) is 0 Å². The molecule has 0 aromatic heterocycles. The molecule has 0 aliphatic carbocycles. The number of nitrogens with two attached hydrogens (primary N) is 1. The molecule has 3 heteroatoms. The lowest BCUT2D eigenvalue weighted by Gasteiger charge is -2.08. The van der Waals surface area contributed by atoms with Crippen molar-refractivity contribution in [1.82, 2.24) is 5.32 Å². The minimum atomic E-state index is 0.0723. The predicted octanol–water partition coefficient (Wildman–Crippen LogP) is 0.496. The zero-order valence-electron chi connectivity index (χ0n) is 7.55. The molecule has 3 N–H and O–H groups in total. The summed E-state index contributed by atoms with van der Waals surface area (Å²) >= 11 is 0. The summed E-state index contributed by atoms with van der Waals surface area (Å²) in [6.45, 7) is 6.37. The molecule has 0 bridgehead atoms. The van der Waals surface area contributed by atoms with Gasteiger partial charge in [-0.15, -0.1) is 0 Å². The molecule has 1 unspecified atom stereocenters. The van der Waals surface area contributed by atoms with Crippen molar-refractivity contribution in [2.24, 2.45) is 11.7 Å². The number of carbonyl (C=O) groups excluding carboxylic acids is 1. The monoisotopic (exact) mass is 158 g/mol. The van der Waals surface area contributed by atoms with Crippen LogP contribution in [0, 0.1) is 5.92 Å². The number of amides is 1. The van der Waals surface area contributed by atoms with Gasteiger partial charge in [0.2, 0.25) is 5.91 Å². The molecule has 11 heavy (non-hydrogen) atoms. The summed E-state index contributed by atoms with van der Waals surface area (Å²) in [5.74, 6) is 0.175. The summed E-state index contributed by atoms with van der Waals surface area (Å²) in [4.78, 5) is 11.0. The topological polar surface area (TPSA) is 55.1 Å². The number of hydrogen-bond acceptors (Lipinski definition) is 2. The number of carbonyl (C=O) groups is 1. The van der Waals surface area contributed by atoms with E-state index in [2.05, 4.69) is 5.32 Å². The van der Waals surface area contributed by atoms with Crippen LogP contribution in [0.1, 0.15) is 27.2 Å². The molecule has 0 saturated carbocycles. The molecule has 0 aromatic rings. The summed E-state index contributed by atoms with van der Waals surface area (Å²) in [5, 5.41) is 2.79. The molecule has 0 aromatic carbocycles. The van der Waals surface area contributed by atoms with E-state index in [1.54, 1.807) is 0 Å². The van der Waals surface area contributed by atoms with Crippen LogP contribution in [0.3, 0.4) is 0 Å². The minimum Gasteiger partial charge on any atom is -0.356 e. The van der Waals surface area contributed by atoms with Crippen LogP contribution < -0.4 is 11.1 Å². The third-order valence-electron chi connectivity index (χ3n) is 1.42. The smallest absolute Gasteiger partial charge is 0.222 e. The summed E-state index contributed by atoms with van der Waals surface area (Å²) in [6, 6.07) is 0.169. The fourth-order valence-electron chi connectivity index (χ4n) is 0.627. The fourth-order valence-corrected chi connectivity index (χ4v) is 0.627. The van der Waals surface area contributed by atoms with Gasteiger partial charge >= 0.3 is 0 Å². The van der Waals surface area contributed by atoms with Crippen LogP contribution in [0.2, 0.25) is 0 Å². The van der Waals surface area contributed by atoms with Crippen LogP contribution in [0.15, 0.2) is 0 Å². The first kappa shape index (κ1) is 10.4. The van der Waals surface area contributed by atoms with Crippen LogP contribution in [0.25, 0.3) is 0 Å². The van der Waals surface area contributed by atoms with Gasteiger partial charge in [0.05, 0.1) is 0 Å². The van der Waals surface area contributed by atoms with E-state index in [-0.39, 0.29) is 17.9 Å². The maximum absolute atomic E-state index is 11.0. The SMILES string of the molecule is CC(N)CCNC(=O)C(C)C. The predicted molar refractivity (Wildman–Crippen MR) is 46.1 cm³/mol. The van der Waals surface area contributed by atoms with Crippen molar-refractivity contribution < 1.29 is 4.79 Å². The Hall–Kier alpha value is -0.570. The average molecular weight is 158 g/mol. The molecule has 1 atom stereocenters. The van der Waals surface area contributed by atoms with Crippen molar-refractivity contribution in [2.45, 2.75) is 33.2 Å². The highest BCUT2D eigenvalue weighted by molar-refractivity contribution is 5.77. The van der Waals surface area contributed by atoms with Gasteiger partial charge in [-0.25, -0.2) is 0 Å². The number of hydrogen-bond donors (Lipinski definition) is 2. The third-order valence-corrected chi connectivity index (χ3v) is 1.42. The van der Waals surface area contributed by atoms with Crippen LogP contribution in [0.5, 0.6) is 0 Å². The average Bonchev–Trinajstić information content (AvgIpc) is 1.86. The van der Waals surface area contributed by atoms with Gasteiger partial charge in [-0.1, -0.05) is 13.8 Å². The van der Waals surface area contributed by atoms with Gasteiger partial charge in [0.1, 0.15) is 0 Å². The van der Waals surface area contributed by atoms with Crippen molar-refractivity contribution in [3.63, 3.8) is 0 Å². The van der Waals surface area contributed by atoms with E-state index < -0.39 is 0 Å². The molecular weight excluding hydrogens is 140 g/mol. The zero-order chi connectivity index (χ0) is 8.85. The molecule has 1 amide bonds. The van der Waals surface area contributed by atoms with E-state index >= 15 is 0 Å². The molecule has 0 aliphatic rings. The van der Waals surface area contributed by atoms with E-state index in [1.165, 1.54) is 0 Å². The standard InChI is InChI=1S/C8H18N2O/c1-6(2)8(11)10-5-4-7(3)9/h6-7H,4-5,9H2,1-3H3,(H,10,11). The van der Waals surface area contributed by atoms with E-state index in [1.807, 2.05) is 20.8 Å².